The molecule has 29 heavy (non-hydrogen) atoms. The van der Waals surface area contributed by atoms with Gasteiger partial charge in [0.05, 0.1) is 30.0 Å². The molecular weight excluding hydrogens is 368 g/mol. The van der Waals surface area contributed by atoms with Crippen LogP contribution in [0.3, 0.4) is 0 Å². The number of rotatable bonds is 5. The maximum Gasteiger partial charge on any atom is 0.240 e. The summed E-state index contributed by atoms with van der Waals surface area (Å²) in [5, 5.41) is 0. The quantitative estimate of drug-likeness (QED) is 0.699. The molecule has 0 radical (unpaired) electrons. The van der Waals surface area contributed by atoms with Crippen molar-refractivity contribution in [1.29, 1.82) is 0 Å². The Morgan fingerprint density at radius 3 is 2.72 bits per heavy atom. The van der Waals surface area contributed by atoms with Crippen LogP contribution in [0.5, 0.6) is 11.6 Å². The summed E-state index contributed by atoms with van der Waals surface area (Å²) in [6.45, 7) is 4.43. The van der Waals surface area contributed by atoms with Crippen LogP contribution in [0.1, 0.15) is 56.8 Å². The van der Waals surface area contributed by atoms with E-state index in [1.807, 2.05) is 26.0 Å². The monoisotopic (exact) mass is 392 g/mol. The lowest BCUT2D eigenvalue weighted by atomic mass is 9.86. The molecule has 0 bridgehead atoms. The molecule has 1 aromatic heterocycles. The molecule has 5 rings (SSSR count). The predicted molar refractivity (Wildman–Crippen MR) is 107 cm³/mol. The fourth-order valence-electron chi connectivity index (χ4n) is 4.19. The highest BCUT2D eigenvalue weighted by molar-refractivity contribution is 6.22. The molecule has 1 unspecified atom stereocenters. The van der Waals surface area contributed by atoms with Crippen molar-refractivity contribution in [2.45, 2.75) is 52.2 Å². The lowest BCUT2D eigenvalue weighted by Gasteiger charge is -2.20. The molecule has 2 atom stereocenters. The summed E-state index contributed by atoms with van der Waals surface area (Å²) >= 11 is 0. The summed E-state index contributed by atoms with van der Waals surface area (Å²) in [6.07, 6.45) is 5.03. The van der Waals surface area contributed by atoms with Crippen molar-refractivity contribution >= 4 is 17.5 Å². The Hall–Kier alpha value is -2.73. The molecule has 0 spiro atoms. The van der Waals surface area contributed by atoms with Gasteiger partial charge in [-0.05, 0) is 54.5 Å². The molecule has 3 heterocycles. The van der Waals surface area contributed by atoms with Gasteiger partial charge in [-0.25, -0.2) is 9.88 Å². The molecule has 2 fully saturated rings. The zero-order valence-corrected chi connectivity index (χ0v) is 16.7. The Morgan fingerprint density at radius 2 is 2.07 bits per heavy atom. The third kappa shape index (κ3) is 3.12. The van der Waals surface area contributed by atoms with Gasteiger partial charge in [0.15, 0.2) is 0 Å². The molecule has 6 nitrogen and oxygen atoms in total. The Balaban J connectivity index is 1.34. The number of pyridine rings is 1. The van der Waals surface area contributed by atoms with Crippen molar-refractivity contribution in [2.75, 3.05) is 4.90 Å². The molecule has 6 heteroatoms. The topological polar surface area (TPSA) is 68.7 Å². The minimum absolute atomic E-state index is 0.162. The summed E-state index contributed by atoms with van der Waals surface area (Å²) in [7, 11) is 0. The highest BCUT2D eigenvalue weighted by Gasteiger charge is 2.47. The first-order valence-electron chi connectivity index (χ1n) is 10.2. The van der Waals surface area contributed by atoms with Crippen LogP contribution >= 0.6 is 0 Å². The highest BCUT2D eigenvalue weighted by atomic mass is 16.5. The van der Waals surface area contributed by atoms with E-state index in [0.29, 0.717) is 36.3 Å². The molecule has 2 amide bonds. The van der Waals surface area contributed by atoms with E-state index in [4.69, 9.17) is 9.47 Å². The number of aromatic nitrogens is 1. The number of hydrogen-bond acceptors (Lipinski definition) is 5. The van der Waals surface area contributed by atoms with Crippen LogP contribution in [0.4, 0.5) is 5.69 Å². The average molecular weight is 392 g/mol. The van der Waals surface area contributed by atoms with E-state index >= 15 is 0 Å². The number of benzene rings is 1. The third-order valence-corrected chi connectivity index (χ3v) is 6.38. The summed E-state index contributed by atoms with van der Waals surface area (Å²) in [6, 6.07) is 9.42. The van der Waals surface area contributed by atoms with E-state index in [9.17, 15) is 9.59 Å². The standard InChI is InChI=1S/C23H24N2O4/c1-3-23(2)11-20(26)25(22(23)27)16-7-9-19(24-12-16)29-17-8-6-15-13-28-21(14-4-5-14)18(15)10-17/h6-10,12,14,21H,3-5,11,13H2,1-2H3/t21?,23-/m0/s1. The van der Waals surface area contributed by atoms with Crippen molar-refractivity contribution < 1.29 is 19.1 Å². The van der Waals surface area contributed by atoms with Crippen LogP contribution in [0.15, 0.2) is 36.5 Å². The molecule has 1 saturated carbocycles. The highest BCUT2D eigenvalue weighted by Crippen LogP contribution is 2.48. The van der Waals surface area contributed by atoms with Gasteiger partial charge < -0.3 is 9.47 Å². The first-order valence-corrected chi connectivity index (χ1v) is 10.2. The van der Waals surface area contributed by atoms with E-state index in [1.165, 1.54) is 35.1 Å². The first kappa shape index (κ1) is 18.3. The van der Waals surface area contributed by atoms with Crippen molar-refractivity contribution in [2.24, 2.45) is 11.3 Å². The SMILES string of the molecule is CC[C@@]1(C)CC(=O)N(c2ccc(Oc3ccc4c(c3)C(C3CC3)OC4)nc2)C1=O. The maximum absolute atomic E-state index is 12.7. The van der Waals surface area contributed by atoms with Gasteiger partial charge in [0.25, 0.3) is 0 Å². The Kier molecular flexibility index (Phi) is 4.21. The number of carbonyl (C=O) groups is 2. The molecule has 3 aliphatic rings. The zero-order chi connectivity index (χ0) is 20.2. The maximum atomic E-state index is 12.7. The van der Waals surface area contributed by atoms with Gasteiger partial charge in [0.1, 0.15) is 5.75 Å². The first-order chi connectivity index (χ1) is 14.0. The van der Waals surface area contributed by atoms with Crippen LogP contribution in [0.2, 0.25) is 0 Å². The van der Waals surface area contributed by atoms with Gasteiger partial charge in [0, 0.05) is 12.5 Å². The van der Waals surface area contributed by atoms with Crippen LogP contribution in [-0.2, 0) is 20.9 Å². The second kappa shape index (κ2) is 6.66. The van der Waals surface area contributed by atoms with Crippen molar-refractivity contribution in [3.8, 4) is 11.6 Å². The Morgan fingerprint density at radius 1 is 1.24 bits per heavy atom. The van der Waals surface area contributed by atoms with E-state index < -0.39 is 5.41 Å². The lowest BCUT2D eigenvalue weighted by molar-refractivity contribution is -0.125. The van der Waals surface area contributed by atoms with Gasteiger partial charge in [0.2, 0.25) is 17.7 Å². The Bertz CT molecular complexity index is 983. The smallest absolute Gasteiger partial charge is 0.240 e. The van der Waals surface area contributed by atoms with Gasteiger partial charge in [-0.15, -0.1) is 0 Å². The number of anilines is 1. The summed E-state index contributed by atoms with van der Waals surface area (Å²) < 4.78 is 11.9. The van der Waals surface area contributed by atoms with Gasteiger partial charge in [-0.1, -0.05) is 19.9 Å². The molecule has 0 N–H and O–H groups in total. The minimum atomic E-state index is -0.628. The van der Waals surface area contributed by atoms with Crippen molar-refractivity contribution in [1.82, 2.24) is 4.98 Å². The fraction of sp³-hybridized carbons (Fsp3) is 0.435. The van der Waals surface area contributed by atoms with Crippen LogP contribution < -0.4 is 9.64 Å². The molecule has 1 aromatic carbocycles. The Labute approximate surface area is 169 Å². The average Bonchev–Trinajstić information content (AvgIpc) is 3.43. The number of ether oxygens (including phenoxy) is 2. The van der Waals surface area contributed by atoms with Gasteiger partial charge in [-0.2, -0.15) is 0 Å². The van der Waals surface area contributed by atoms with E-state index in [-0.39, 0.29) is 24.3 Å². The van der Waals surface area contributed by atoms with Crippen LogP contribution in [-0.4, -0.2) is 16.8 Å². The molecule has 1 saturated heterocycles. The number of imide groups is 1. The van der Waals surface area contributed by atoms with Crippen LogP contribution in [0, 0.1) is 11.3 Å². The van der Waals surface area contributed by atoms with Gasteiger partial charge >= 0.3 is 0 Å². The number of nitrogens with zero attached hydrogens (tertiary/aromatic N) is 2. The second-order valence-electron chi connectivity index (χ2n) is 8.51. The number of carbonyl (C=O) groups excluding carboxylic acids is 2. The molecule has 150 valence electrons. The van der Waals surface area contributed by atoms with E-state index in [2.05, 4.69) is 11.1 Å². The predicted octanol–water partition coefficient (Wildman–Crippen LogP) is 4.53. The molecule has 2 aromatic rings. The minimum Gasteiger partial charge on any atom is -0.439 e. The largest absolute Gasteiger partial charge is 0.439 e. The van der Waals surface area contributed by atoms with E-state index in [1.54, 1.807) is 12.1 Å². The summed E-state index contributed by atoms with van der Waals surface area (Å²) in [5.74, 6) is 1.43. The molecular formula is C23H24N2O4. The van der Waals surface area contributed by atoms with Crippen molar-refractivity contribution in [3.63, 3.8) is 0 Å². The zero-order valence-electron chi connectivity index (χ0n) is 16.7. The normalized spacial score (nSPS) is 26.1. The summed E-state index contributed by atoms with van der Waals surface area (Å²) in [5.41, 5.74) is 2.30. The summed E-state index contributed by atoms with van der Waals surface area (Å²) in [4.78, 5) is 30.6. The van der Waals surface area contributed by atoms with Gasteiger partial charge in [-0.3, -0.25) is 9.59 Å². The van der Waals surface area contributed by atoms with Crippen molar-refractivity contribution in [3.05, 3.63) is 47.7 Å². The fourth-order valence-corrected chi connectivity index (χ4v) is 4.19. The second-order valence-corrected chi connectivity index (χ2v) is 8.51. The van der Waals surface area contributed by atoms with E-state index in [0.717, 1.165) is 0 Å². The molecule has 2 aliphatic heterocycles. The number of fused-ring (bicyclic) bond motifs is 1. The van der Waals surface area contributed by atoms with Crippen LogP contribution in [0.25, 0.3) is 0 Å². The number of amides is 2. The lowest BCUT2D eigenvalue weighted by Crippen LogP contribution is -2.34. The third-order valence-electron chi connectivity index (χ3n) is 6.38. The molecule has 1 aliphatic carbocycles. The number of hydrogen-bond donors (Lipinski definition) is 0.